The smallest absolute Gasteiger partial charge is 0.462 e. The maximum atomic E-state index is 12.6. The van der Waals surface area contributed by atoms with E-state index in [1.165, 1.54) is 0 Å². The second-order valence-corrected chi connectivity index (χ2v) is 16.1. The lowest BCUT2D eigenvalue weighted by atomic mass is 10.1. The summed E-state index contributed by atoms with van der Waals surface area (Å²) in [6.45, 7) is 4.07. The Morgan fingerprint density at radius 1 is 0.571 bits per heavy atom. The van der Waals surface area contributed by atoms with E-state index >= 15 is 0 Å². The van der Waals surface area contributed by atoms with Crippen molar-refractivity contribution in [2.75, 3.05) is 47.5 Å². The number of esters is 2. The van der Waals surface area contributed by atoms with E-state index in [0.29, 0.717) is 23.9 Å². The Morgan fingerprint density at radius 3 is 1.64 bits per heavy atom. The fourth-order valence-corrected chi connectivity index (χ4v) is 5.66. The average Bonchev–Trinajstić information content (AvgIpc) is 3.15. The number of nitrogens with zero attached hydrogens (tertiary/aromatic N) is 1. The predicted molar refractivity (Wildman–Crippen MR) is 233 cm³/mol. The van der Waals surface area contributed by atoms with Crippen LogP contribution < -0.4 is 0 Å². The van der Waals surface area contributed by atoms with Crippen LogP contribution in [0.3, 0.4) is 0 Å². The molecule has 0 aromatic carbocycles. The number of carbonyl (C=O) groups excluding carboxylic acids is 2. The fourth-order valence-electron chi connectivity index (χ4n) is 4.92. The maximum Gasteiger partial charge on any atom is 0.472 e. The van der Waals surface area contributed by atoms with Gasteiger partial charge >= 0.3 is 19.8 Å². The van der Waals surface area contributed by atoms with Gasteiger partial charge in [0.2, 0.25) is 0 Å². The molecule has 0 aliphatic rings. The molecule has 0 saturated carbocycles. The van der Waals surface area contributed by atoms with Gasteiger partial charge in [0.15, 0.2) is 6.10 Å². The molecule has 1 N–H and O–H groups in total. The number of ether oxygens (including phenoxy) is 2. The van der Waals surface area contributed by atoms with Gasteiger partial charge < -0.3 is 18.9 Å². The van der Waals surface area contributed by atoms with E-state index < -0.39 is 32.5 Å². The van der Waals surface area contributed by atoms with Crippen molar-refractivity contribution < 1.29 is 42.1 Å². The number of carbonyl (C=O) groups is 2. The molecule has 0 rings (SSSR count). The lowest BCUT2D eigenvalue weighted by Crippen LogP contribution is -2.37. The van der Waals surface area contributed by atoms with Crippen LogP contribution >= 0.6 is 7.82 Å². The molecular formula is C46H77NO8P+. The fraction of sp³-hybridized carbons (Fsp3) is 0.609. The van der Waals surface area contributed by atoms with E-state index in [1.54, 1.807) is 0 Å². The van der Waals surface area contributed by atoms with Crippen LogP contribution in [-0.4, -0.2) is 74.9 Å². The molecule has 10 heteroatoms. The first-order valence-corrected chi connectivity index (χ1v) is 22.5. The quantitative estimate of drug-likeness (QED) is 0.0167. The van der Waals surface area contributed by atoms with E-state index in [1.807, 2.05) is 39.4 Å². The number of hydrogen-bond acceptors (Lipinski definition) is 7. The summed E-state index contributed by atoms with van der Waals surface area (Å²) in [6.07, 6.45) is 48.9. The van der Waals surface area contributed by atoms with Gasteiger partial charge in [0.25, 0.3) is 0 Å². The second-order valence-electron chi connectivity index (χ2n) is 14.7. The van der Waals surface area contributed by atoms with E-state index in [2.05, 4.69) is 92.8 Å². The minimum Gasteiger partial charge on any atom is -0.462 e. The first-order valence-electron chi connectivity index (χ1n) is 21.0. The van der Waals surface area contributed by atoms with Crippen LogP contribution in [0.15, 0.2) is 97.2 Å². The monoisotopic (exact) mass is 803 g/mol. The van der Waals surface area contributed by atoms with Crippen molar-refractivity contribution in [3.63, 3.8) is 0 Å². The van der Waals surface area contributed by atoms with Crippen molar-refractivity contribution in [1.29, 1.82) is 0 Å². The van der Waals surface area contributed by atoms with Crippen molar-refractivity contribution in [2.24, 2.45) is 0 Å². The van der Waals surface area contributed by atoms with Gasteiger partial charge in [-0.25, -0.2) is 4.57 Å². The lowest BCUT2D eigenvalue weighted by Gasteiger charge is -2.24. The average molecular weight is 803 g/mol. The molecule has 0 amide bonds. The molecule has 0 spiro atoms. The first kappa shape index (κ1) is 52.9. The molecule has 318 valence electrons. The maximum absolute atomic E-state index is 12.6. The van der Waals surface area contributed by atoms with Crippen LogP contribution in [-0.2, 0) is 32.7 Å². The van der Waals surface area contributed by atoms with Gasteiger partial charge in [-0.15, -0.1) is 0 Å². The van der Waals surface area contributed by atoms with Crippen molar-refractivity contribution >= 4 is 19.8 Å². The predicted octanol–water partition coefficient (Wildman–Crippen LogP) is 11.8. The Labute approximate surface area is 341 Å². The summed E-state index contributed by atoms with van der Waals surface area (Å²) in [5.74, 6) is -0.873. The molecule has 2 atom stereocenters. The van der Waals surface area contributed by atoms with Crippen LogP contribution in [0, 0.1) is 0 Å². The molecule has 0 fully saturated rings. The third-order valence-corrected chi connectivity index (χ3v) is 9.15. The number of unbranched alkanes of at least 4 members (excludes halogenated alkanes) is 8. The first-order chi connectivity index (χ1) is 27.0. The van der Waals surface area contributed by atoms with Gasteiger partial charge in [-0.1, -0.05) is 137 Å². The molecule has 0 aromatic heterocycles. The summed E-state index contributed by atoms with van der Waals surface area (Å²) in [6, 6.07) is 0. The highest BCUT2D eigenvalue weighted by Gasteiger charge is 2.27. The Hall–Kier alpha value is -3.07. The SMILES string of the molecule is CC/C=C/C=C/C=C/CCCCCCCC(=O)OC(COC(=O)CCCCC/C=C/C/C=C/C/C=C/C/C=C/C/C=C/CC)COP(=O)(O)OCC[N+](C)(C)C. The third-order valence-electron chi connectivity index (χ3n) is 8.17. The zero-order valence-electron chi connectivity index (χ0n) is 35.6. The lowest BCUT2D eigenvalue weighted by molar-refractivity contribution is -0.870. The zero-order chi connectivity index (χ0) is 41.4. The van der Waals surface area contributed by atoms with Gasteiger partial charge in [0.1, 0.15) is 19.8 Å². The number of phosphoric acid groups is 1. The van der Waals surface area contributed by atoms with Crippen LogP contribution in [0.1, 0.15) is 129 Å². The summed E-state index contributed by atoms with van der Waals surface area (Å²) in [7, 11) is 1.42. The zero-order valence-corrected chi connectivity index (χ0v) is 36.5. The van der Waals surface area contributed by atoms with Gasteiger partial charge in [0, 0.05) is 12.8 Å². The molecule has 0 aromatic rings. The summed E-state index contributed by atoms with van der Waals surface area (Å²) in [5, 5.41) is 0. The largest absolute Gasteiger partial charge is 0.472 e. The standard InChI is InChI=1S/C46H76NO8P/c1-6-8-10-12-14-16-18-20-21-22-23-24-25-27-28-30-32-34-36-38-45(48)52-42-44(43-54-56(50,51)53-41-40-47(3,4)5)55-46(49)39-37-35-33-31-29-26-19-17-15-13-11-9-7-2/h8-11,13-17,19-21,23-24,27-28,44H,6-7,12,18,22,25-26,29-43H2,1-5H3/p+1/b10-8+,11-9+,15-13+,16-14+,19-17+,21-20+,24-23+,28-27+. The molecule has 0 bridgehead atoms. The van der Waals surface area contributed by atoms with Gasteiger partial charge in [-0.3, -0.25) is 18.6 Å². The second kappa shape index (κ2) is 37.5. The van der Waals surface area contributed by atoms with E-state index in [-0.39, 0.29) is 26.1 Å². The number of likely N-dealkylation sites (N-methyl/N-ethyl adjacent to an activating group) is 1. The Morgan fingerprint density at radius 2 is 1.05 bits per heavy atom. The number of hydrogen-bond donors (Lipinski definition) is 1. The molecule has 0 aliphatic heterocycles. The van der Waals surface area contributed by atoms with Crippen LogP contribution in [0.25, 0.3) is 0 Å². The van der Waals surface area contributed by atoms with Crippen LogP contribution in [0.5, 0.6) is 0 Å². The number of phosphoric ester groups is 1. The molecule has 0 heterocycles. The Bertz CT molecular complexity index is 1270. The van der Waals surface area contributed by atoms with Crippen molar-refractivity contribution in [2.45, 2.75) is 136 Å². The minimum absolute atomic E-state index is 0.0157. The summed E-state index contributed by atoms with van der Waals surface area (Å²) < 4.78 is 34.2. The van der Waals surface area contributed by atoms with E-state index in [9.17, 15) is 19.0 Å². The van der Waals surface area contributed by atoms with Crippen molar-refractivity contribution in [3.05, 3.63) is 97.2 Å². The molecule has 0 saturated heterocycles. The number of rotatable bonds is 36. The highest BCUT2D eigenvalue weighted by atomic mass is 31.2. The number of allylic oxidation sites excluding steroid dienone is 16. The minimum atomic E-state index is -4.39. The topological polar surface area (TPSA) is 108 Å². The molecule has 2 unspecified atom stereocenters. The van der Waals surface area contributed by atoms with Crippen LogP contribution in [0.2, 0.25) is 0 Å². The van der Waals surface area contributed by atoms with Gasteiger partial charge in [-0.05, 0) is 77.0 Å². The Balaban J connectivity index is 4.48. The van der Waals surface area contributed by atoms with Crippen molar-refractivity contribution in [1.82, 2.24) is 0 Å². The normalized spacial score (nSPS) is 14.6. The molecule has 9 nitrogen and oxygen atoms in total. The molecule has 0 radical (unpaired) electrons. The summed E-state index contributed by atoms with van der Waals surface area (Å²) >= 11 is 0. The Kier molecular flexibility index (Phi) is 35.4. The summed E-state index contributed by atoms with van der Waals surface area (Å²) in [4.78, 5) is 35.3. The van der Waals surface area contributed by atoms with E-state index in [0.717, 1.165) is 89.9 Å². The highest BCUT2D eigenvalue weighted by molar-refractivity contribution is 7.47. The van der Waals surface area contributed by atoms with Crippen molar-refractivity contribution in [3.8, 4) is 0 Å². The summed E-state index contributed by atoms with van der Waals surface area (Å²) in [5.41, 5.74) is 0. The van der Waals surface area contributed by atoms with Gasteiger partial charge in [-0.2, -0.15) is 0 Å². The third kappa shape index (κ3) is 40.6. The number of quaternary nitrogens is 1. The molecule has 56 heavy (non-hydrogen) atoms. The molecular weight excluding hydrogens is 725 g/mol. The van der Waals surface area contributed by atoms with E-state index in [4.69, 9.17) is 18.5 Å². The van der Waals surface area contributed by atoms with Crippen LogP contribution in [0.4, 0.5) is 0 Å². The van der Waals surface area contributed by atoms with Gasteiger partial charge in [0.05, 0.1) is 27.7 Å². The highest BCUT2D eigenvalue weighted by Crippen LogP contribution is 2.43. The molecule has 0 aliphatic carbocycles.